The van der Waals surface area contributed by atoms with Crippen molar-refractivity contribution in [3.8, 4) is 0 Å². The van der Waals surface area contributed by atoms with E-state index in [4.69, 9.17) is 22.1 Å². The molecule has 2 aromatic carbocycles. The van der Waals surface area contributed by atoms with E-state index in [0.717, 1.165) is 16.5 Å². The zero-order valence-corrected chi connectivity index (χ0v) is 12.4. The summed E-state index contributed by atoms with van der Waals surface area (Å²) >= 11 is 5.82. The maximum Gasteiger partial charge on any atom is 0.340 e. The third-order valence-electron chi connectivity index (χ3n) is 3.31. The Balaban J connectivity index is 1.80. The van der Waals surface area contributed by atoms with E-state index in [2.05, 4.69) is 4.98 Å². The van der Waals surface area contributed by atoms with Gasteiger partial charge in [-0.15, -0.1) is 0 Å². The van der Waals surface area contributed by atoms with Gasteiger partial charge in [-0.3, -0.25) is 4.98 Å². The maximum atomic E-state index is 12.1. The van der Waals surface area contributed by atoms with Crippen molar-refractivity contribution in [3.05, 3.63) is 70.9 Å². The molecule has 3 rings (SSSR count). The highest BCUT2D eigenvalue weighted by Crippen LogP contribution is 2.21. The lowest BCUT2D eigenvalue weighted by molar-refractivity contribution is 0.0475. The summed E-state index contributed by atoms with van der Waals surface area (Å²) in [6.45, 7) is 0.134. The number of hydrogen-bond acceptors (Lipinski definition) is 4. The van der Waals surface area contributed by atoms with E-state index in [9.17, 15) is 4.79 Å². The molecule has 0 radical (unpaired) electrons. The number of aromatic nitrogens is 1. The molecule has 0 spiro atoms. The highest BCUT2D eigenvalue weighted by molar-refractivity contribution is 6.31. The van der Waals surface area contributed by atoms with Gasteiger partial charge in [-0.2, -0.15) is 0 Å². The van der Waals surface area contributed by atoms with E-state index in [1.165, 1.54) is 6.07 Å². The van der Waals surface area contributed by atoms with Gasteiger partial charge >= 0.3 is 5.97 Å². The molecule has 0 saturated carbocycles. The Morgan fingerprint density at radius 1 is 1.18 bits per heavy atom. The smallest absolute Gasteiger partial charge is 0.340 e. The van der Waals surface area contributed by atoms with Crippen LogP contribution in [-0.4, -0.2) is 11.0 Å². The molecular weight excluding hydrogens is 300 g/mol. The van der Waals surface area contributed by atoms with Crippen LogP contribution >= 0.6 is 11.6 Å². The van der Waals surface area contributed by atoms with E-state index < -0.39 is 5.97 Å². The standard InChI is InChI=1S/C17H13ClN2O2/c18-13-6-7-14(15(19)9-13)17(21)22-10-12-4-1-3-11-5-2-8-20-16(11)12/h1-9H,10,19H2. The molecular formula is C17H13ClN2O2. The van der Waals surface area contributed by atoms with Crippen LogP contribution in [-0.2, 0) is 11.3 Å². The van der Waals surface area contributed by atoms with E-state index >= 15 is 0 Å². The first-order valence-corrected chi connectivity index (χ1v) is 7.08. The van der Waals surface area contributed by atoms with Crippen LogP contribution < -0.4 is 5.73 Å². The summed E-state index contributed by atoms with van der Waals surface area (Å²) in [5, 5.41) is 1.48. The van der Waals surface area contributed by atoms with Crippen molar-refractivity contribution in [2.75, 3.05) is 5.73 Å². The van der Waals surface area contributed by atoms with Crippen LogP contribution in [0.3, 0.4) is 0 Å². The molecule has 5 heteroatoms. The fraction of sp³-hybridized carbons (Fsp3) is 0.0588. The Morgan fingerprint density at radius 2 is 2.00 bits per heavy atom. The number of nitrogens with two attached hydrogens (primary N) is 1. The van der Waals surface area contributed by atoms with Crippen molar-refractivity contribution < 1.29 is 9.53 Å². The number of pyridine rings is 1. The third-order valence-corrected chi connectivity index (χ3v) is 3.54. The van der Waals surface area contributed by atoms with Crippen LogP contribution in [0.2, 0.25) is 5.02 Å². The van der Waals surface area contributed by atoms with Crippen molar-refractivity contribution in [3.63, 3.8) is 0 Å². The number of halogens is 1. The second-order valence-electron chi connectivity index (χ2n) is 4.80. The second-order valence-corrected chi connectivity index (χ2v) is 5.24. The molecule has 3 aromatic rings. The molecule has 0 aliphatic rings. The molecule has 0 unspecified atom stereocenters. The lowest BCUT2D eigenvalue weighted by Gasteiger charge is -2.09. The summed E-state index contributed by atoms with van der Waals surface area (Å²) in [6.07, 6.45) is 1.71. The summed E-state index contributed by atoms with van der Waals surface area (Å²) in [5.41, 5.74) is 8.05. The van der Waals surface area contributed by atoms with E-state index in [1.54, 1.807) is 18.3 Å². The van der Waals surface area contributed by atoms with Crippen LogP contribution in [0.1, 0.15) is 15.9 Å². The maximum absolute atomic E-state index is 12.1. The molecule has 0 fully saturated rings. The first-order valence-electron chi connectivity index (χ1n) is 6.70. The van der Waals surface area contributed by atoms with Crippen LogP contribution in [0.4, 0.5) is 5.69 Å². The zero-order valence-electron chi connectivity index (χ0n) is 11.6. The van der Waals surface area contributed by atoms with Crippen molar-refractivity contribution >= 4 is 34.2 Å². The van der Waals surface area contributed by atoms with Gasteiger partial charge in [0.1, 0.15) is 6.61 Å². The molecule has 1 heterocycles. The number of rotatable bonds is 3. The number of nitrogen functional groups attached to an aromatic ring is 1. The number of hydrogen-bond donors (Lipinski definition) is 1. The van der Waals surface area contributed by atoms with E-state index in [-0.39, 0.29) is 6.61 Å². The lowest BCUT2D eigenvalue weighted by atomic mass is 10.1. The van der Waals surface area contributed by atoms with E-state index in [0.29, 0.717) is 16.3 Å². The predicted octanol–water partition coefficient (Wildman–Crippen LogP) is 3.83. The molecule has 110 valence electrons. The van der Waals surface area contributed by atoms with Gasteiger partial charge in [-0.05, 0) is 24.3 Å². The molecule has 0 aliphatic heterocycles. The Labute approximate surface area is 132 Å². The Hall–Kier alpha value is -2.59. The van der Waals surface area contributed by atoms with Gasteiger partial charge in [0.15, 0.2) is 0 Å². The minimum atomic E-state index is -0.484. The van der Waals surface area contributed by atoms with Crippen LogP contribution in [0.5, 0.6) is 0 Å². The molecule has 0 bridgehead atoms. The Bertz CT molecular complexity index is 844. The predicted molar refractivity (Wildman–Crippen MR) is 86.7 cm³/mol. The topological polar surface area (TPSA) is 65.2 Å². The fourth-order valence-electron chi connectivity index (χ4n) is 2.22. The van der Waals surface area contributed by atoms with Gasteiger partial charge in [0.2, 0.25) is 0 Å². The quantitative estimate of drug-likeness (QED) is 0.589. The minimum Gasteiger partial charge on any atom is -0.457 e. The van der Waals surface area contributed by atoms with Crippen molar-refractivity contribution in [2.45, 2.75) is 6.61 Å². The number of carbonyl (C=O) groups is 1. The van der Waals surface area contributed by atoms with Gasteiger partial charge in [-0.1, -0.05) is 35.9 Å². The number of nitrogens with zero attached hydrogens (tertiary/aromatic N) is 1. The Kier molecular flexibility index (Phi) is 3.94. The molecule has 4 nitrogen and oxygen atoms in total. The molecule has 0 amide bonds. The molecule has 22 heavy (non-hydrogen) atoms. The number of benzene rings is 2. The van der Waals surface area contributed by atoms with Crippen LogP contribution in [0, 0.1) is 0 Å². The average molecular weight is 313 g/mol. The number of fused-ring (bicyclic) bond motifs is 1. The first kappa shape index (κ1) is 14.4. The minimum absolute atomic E-state index is 0.134. The highest BCUT2D eigenvalue weighted by atomic mass is 35.5. The number of carbonyl (C=O) groups excluding carboxylic acids is 1. The normalized spacial score (nSPS) is 10.6. The van der Waals surface area contributed by atoms with Crippen molar-refractivity contribution in [1.82, 2.24) is 4.98 Å². The average Bonchev–Trinajstić information content (AvgIpc) is 2.52. The van der Waals surface area contributed by atoms with Crippen molar-refractivity contribution in [1.29, 1.82) is 0 Å². The van der Waals surface area contributed by atoms with Crippen LogP contribution in [0.15, 0.2) is 54.7 Å². The largest absolute Gasteiger partial charge is 0.457 e. The molecule has 0 aliphatic carbocycles. The Morgan fingerprint density at radius 3 is 2.82 bits per heavy atom. The van der Waals surface area contributed by atoms with Gasteiger partial charge in [-0.25, -0.2) is 4.79 Å². The lowest BCUT2D eigenvalue weighted by Crippen LogP contribution is -2.08. The summed E-state index contributed by atoms with van der Waals surface area (Å²) < 4.78 is 5.34. The molecule has 1 aromatic heterocycles. The van der Waals surface area contributed by atoms with Gasteiger partial charge in [0, 0.05) is 27.9 Å². The molecule has 0 atom stereocenters. The fourth-order valence-corrected chi connectivity index (χ4v) is 2.40. The van der Waals surface area contributed by atoms with Gasteiger partial charge in [0.25, 0.3) is 0 Å². The summed E-state index contributed by atoms with van der Waals surface area (Å²) in [6, 6.07) is 14.3. The molecule has 2 N–H and O–H groups in total. The number of ether oxygens (including phenoxy) is 1. The third kappa shape index (κ3) is 2.87. The number of esters is 1. The SMILES string of the molecule is Nc1cc(Cl)ccc1C(=O)OCc1cccc2cccnc12. The van der Waals surface area contributed by atoms with Gasteiger partial charge < -0.3 is 10.5 Å². The summed E-state index contributed by atoms with van der Waals surface area (Å²) in [4.78, 5) is 16.4. The summed E-state index contributed by atoms with van der Waals surface area (Å²) in [7, 11) is 0. The second kappa shape index (κ2) is 6.03. The number of anilines is 1. The first-order chi connectivity index (χ1) is 10.6. The summed E-state index contributed by atoms with van der Waals surface area (Å²) in [5.74, 6) is -0.484. The highest BCUT2D eigenvalue weighted by Gasteiger charge is 2.12. The number of para-hydroxylation sites is 1. The molecule has 0 saturated heterocycles. The van der Waals surface area contributed by atoms with Crippen molar-refractivity contribution in [2.24, 2.45) is 0 Å². The van der Waals surface area contributed by atoms with Gasteiger partial charge in [0.05, 0.1) is 11.1 Å². The monoisotopic (exact) mass is 312 g/mol. The van der Waals surface area contributed by atoms with Crippen LogP contribution in [0.25, 0.3) is 10.9 Å². The van der Waals surface area contributed by atoms with E-state index in [1.807, 2.05) is 30.3 Å². The zero-order chi connectivity index (χ0) is 15.5.